The molecule has 2 aliphatic heterocycles. The Morgan fingerprint density at radius 2 is 2.00 bits per heavy atom. The van der Waals surface area contributed by atoms with Gasteiger partial charge in [0.2, 0.25) is 0 Å². The van der Waals surface area contributed by atoms with Crippen LogP contribution in [0.1, 0.15) is 18.1 Å². The highest BCUT2D eigenvalue weighted by Gasteiger charge is 2.22. The van der Waals surface area contributed by atoms with Gasteiger partial charge in [-0.2, -0.15) is 0 Å². The molecule has 6 nitrogen and oxygen atoms in total. The van der Waals surface area contributed by atoms with E-state index in [0.29, 0.717) is 6.54 Å². The van der Waals surface area contributed by atoms with Gasteiger partial charge in [0.1, 0.15) is 5.82 Å². The van der Waals surface area contributed by atoms with Crippen LogP contribution in [0.15, 0.2) is 47.6 Å². The summed E-state index contributed by atoms with van der Waals surface area (Å²) in [6.45, 7) is 7.90. The molecule has 1 fully saturated rings. The largest absolute Gasteiger partial charge is 0.378 e. The Hall–Kier alpha value is -1.87. The fourth-order valence-electron chi connectivity index (χ4n) is 3.64. The number of ether oxygens (including phenoxy) is 1. The number of hydrogen-bond donors (Lipinski definition) is 1. The summed E-state index contributed by atoms with van der Waals surface area (Å²) < 4.78 is 5.44. The molecule has 0 unspecified atom stereocenters. The molecule has 28 heavy (non-hydrogen) atoms. The summed E-state index contributed by atoms with van der Waals surface area (Å²) >= 11 is 0. The van der Waals surface area contributed by atoms with Gasteiger partial charge < -0.3 is 19.9 Å². The number of aliphatic imine (C=N–C) groups is 1. The predicted molar refractivity (Wildman–Crippen MR) is 125 cm³/mol. The maximum Gasteiger partial charge on any atom is 0.198 e. The van der Waals surface area contributed by atoms with Crippen molar-refractivity contribution in [3.63, 3.8) is 0 Å². The lowest BCUT2D eigenvalue weighted by atomic mass is 10.2. The van der Waals surface area contributed by atoms with Crippen molar-refractivity contribution in [3.05, 3.63) is 53.7 Å². The molecule has 0 spiro atoms. The molecule has 2 aliphatic rings. The van der Waals surface area contributed by atoms with Crippen molar-refractivity contribution in [3.8, 4) is 0 Å². The molecular formula is C21H28IN5O. The summed E-state index contributed by atoms with van der Waals surface area (Å²) in [5, 5.41) is 3.45. The molecule has 0 radical (unpaired) electrons. The average molecular weight is 493 g/mol. The normalized spacial score (nSPS) is 16.5. The second-order valence-corrected chi connectivity index (χ2v) is 6.82. The minimum absolute atomic E-state index is 0. The third kappa shape index (κ3) is 4.75. The molecule has 1 N–H and O–H groups in total. The van der Waals surface area contributed by atoms with E-state index in [1.54, 1.807) is 0 Å². The smallest absolute Gasteiger partial charge is 0.198 e. The second kappa shape index (κ2) is 10.1. The summed E-state index contributed by atoms with van der Waals surface area (Å²) in [6.07, 6.45) is 2.95. The summed E-state index contributed by atoms with van der Waals surface area (Å²) in [5.74, 6) is 1.97. The Labute approximate surface area is 184 Å². The number of pyridine rings is 1. The van der Waals surface area contributed by atoms with Gasteiger partial charge in [0.25, 0.3) is 0 Å². The molecule has 4 rings (SSSR count). The van der Waals surface area contributed by atoms with Gasteiger partial charge in [0, 0.05) is 38.1 Å². The van der Waals surface area contributed by atoms with Crippen molar-refractivity contribution < 1.29 is 4.74 Å². The molecule has 150 valence electrons. The number of nitrogens with zero attached hydrogens (tertiary/aromatic N) is 4. The summed E-state index contributed by atoms with van der Waals surface area (Å²) in [7, 11) is 0. The predicted octanol–water partition coefficient (Wildman–Crippen LogP) is 3.06. The van der Waals surface area contributed by atoms with Gasteiger partial charge in [-0.25, -0.2) is 9.98 Å². The van der Waals surface area contributed by atoms with Gasteiger partial charge in [-0.15, -0.1) is 24.0 Å². The van der Waals surface area contributed by atoms with Crippen molar-refractivity contribution in [2.24, 2.45) is 4.99 Å². The number of para-hydroxylation sites is 1. The van der Waals surface area contributed by atoms with Crippen LogP contribution in [-0.2, 0) is 17.7 Å². The first-order valence-corrected chi connectivity index (χ1v) is 9.76. The van der Waals surface area contributed by atoms with Crippen LogP contribution < -0.4 is 15.1 Å². The number of fused-ring (bicyclic) bond motifs is 1. The van der Waals surface area contributed by atoms with Crippen molar-refractivity contribution in [2.75, 3.05) is 49.2 Å². The molecule has 2 aromatic rings. The SMILES string of the molecule is CCNC(=NCc1ccnc(N2CCOCC2)c1)N1CCc2ccccc21.I. The summed E-state index contributed by atoms with van der Waals surface area (Å²) in [4.78, 5) is 14.0. The maximum absolute atomic E-state index is 5.44. The zero-order valence-electron chi connectivity index (χ0n) is 16.3. The van der Waals surface area contributed by atoms with E-state index in [4.69, 9.17) is 9.73 Å². The Morgan fingerprint density at radius 3 is 2.82 bits per heavy atom. The standard InChI is InChI=1S/C21H27N5O.HI/c1-2-22-21(26-10-8-18-5-3-4-6-19(18)26)24-16-17-7-9-23-20(15-17)25-11-13-27-14-12-25;/h3-7,9,15H,2,8,10-14,16H2,1H3,(H,22,24);1H. The fraction of sp³-hybridized carbons (Fsp3) is 0.429. The molecule has 0 amide bonds. The van der Waals surface area contributed by atoms with E-state index in [2.05, 4.69) is 63.4 Å². The van der Waals surface area contributed by atoms with Crippen LogP contribution in [0, 0.1) is 0 Å². The van der Waals surface area contributed by atoms with E-state index in [1.165, 1.54) is 16.8 Å². The Kier molecular flexibility index (Phi) is 7.50. The second-order valence-electron chi connectivity index (χ2n) is 6.82. The number of aromatic nitrogens is 1. The van der Waals surface area contributed by atoms with E-state index < -0.39 is 0 Å². The minimum atomic E-state index is 0. The van der Waals surface area contributed by atoms with Gasteiger partial charge in [-0.3, -0.25) is 0 Å². The lowest BCUT2D eigenvalue weighted by Crippen LogP contribution is -2.40. The monoisotopic (exact) mass is 493 g/mol. The Balaban J connectivity index is 0.00000225. The van der Waals surface area contributed by atoms with Gasteiger partial charge >= 0.3 is 0 Å². The number of benzene rings is 1. The first kappa shape index (κ1) is 20.9. The third-order valence-corrected chi connectivity index (χ3v) is 5.03. The van der Waals surface area contributed by atoms with Crippen LogP contribution in [0.2, 0.25) is 0 Å². The van der Waals surface area contributed by atoms with Gasteiger partial charge in [-0.1, -0.05) is 18.2 Å². The lowest BCUT2D eigenvalue weighted by molar-refractivity contribution is 0.122. The van der Waals surface area contributed by atoms with Gasteiger partial charge in [-0.05, 0) is 42.7 Å². The van der Waals surface area contributed by atoms with Gasteiger partial charge in [0.05, 0.1) is 19.8 Å². The quantitative estimate of drug-likeness (QED) is 0.403. The zero-order chi connectivity index (χ0) is 18.5. The van der Waals surface area contributed by atoms with E-state index in [9.17, 15) is 0 Å². The molecule has 0 saturated carbocycles. The first-order valence-electron chi connectivity index (χ1n) is 9.76. The molecule has 0 bridgehead atoms. The number of guanidine groups is 1. The molecule has 0 atom stereocenters. The lowest BCUT2D eigenvalue weighted by Gasteiger charge is -2.28. The molecule has 1 aromatic carbocycles. The maximum atomic E-state index is 5.44. The number of anilines is 2. The van der Waals surface area contributed by atoms with Crippen LogP contribution in [0.3, 0.4) is 0 Å². The van der Waals surface area contributed by atoms with Crippen molar-refractivity contribution in [2.45, 2.75) is 19.9 Å². The zero-order valence-corrected chi connectivity index (χ0v) is 18.6. The number of halogens is 1. The Morgan fingerprint density at radius 1 is 1.18 bits per heavy atom. The summed E-state index contributed by atoms with van der Waals surface area (Å²) in [6, 6.07) is 12.8. The van der Waals surface area contributed by atoms with Crippen LogP contribution in [0.5, 0.6) is 0 Å². The topological polar surface area (TPSA) is 53.0 Å². The van der Waals surface area contributed by atoms with Crippen molar-refractivity contribution in [1.82, 2.24) is 10.3 Å². The molecular weight excluding hydrogens is 465 g/mol. The molecule has 1 saturated heterocycles. The van der Waals surface area contributed by atoms with Crippen LogP contribution >= 0.6 is 24.0 Å². The number of nitrogens with one attached hydrogen (secondary N) is 1. The highest BCUT2D eigenvalue weighted by atomic mass is 127. The van der Waals surface area contributed by atoms with E-state index in [0.717, 1.165) is 57.6 Å². The van der Waals surface area contributed by atoms with Crippen molar-refractivity contribution >= 4 is 41.4 Å². The van der Waals surface area contributed by atoms with Crippen LogP contribution in [0.25, 0.3) is 0 Å². The fourth-order valence-corrected chi connectivity index (χ4v) is 3.64. The van der Waals surface area contributed by atoms with E-state index >= 15 is 0 Å². The van der Waals surface area contributed by atoms with E-state index in [1.807, 2.05) is 6.20 Å². The number of rotatable bonds is 4. The summed E-state index contributed by atoms with van der Waals surface area (Å²) in [5.41, 5.74) is 3.83. The average Bonchev–Trinajstić information content (AvgIpc) is 3.16. The Bertz CT molecular complexity index is 807. The molecule has 1 aromatic heterocycles. The van der Waals surface area contributed by atoms with Crippen LogP contribution in [-0.4, -0.2) is 50.3 Å². The highest BCUT2D eigenvalue weighted by Crippen LogP contribution is 2.27. The van der Waals surface area contributed by atoms with Gasteiger partial charge in [0.15, 0.2) is 5.96 Å². The first-order chi connectivity index (χ1) is 13.3. The minimum Gasteiger partial charge on any atom is -0.378 e. The van der Waals surface area contributed by atoms with E-state index in [-0.39, 0.29) is 24.0 Å². The molecule has 7 heteroatoms. The number of morpholine rings is 1. The highest BCUT2D eigenvalue weighted by molar-refractivity contribution is 14.0. The number of hydrogen-bond acceptors (Lipinski definition) is 4. The molecule has 0 aliphatic carbocycles. The third-order valence-electron chi connectivity index (χ3n) is 5.03. The van der Waals surface area contributed by atoms with Crippen molar-refractivity contribution in [1.29, 1.82) is 0 Å². The van der Waals surface area contributed by atoms with Crippen LogP contribution in [0.4, 0.5) is 11.5 Å². The molecule has 3 heterocycles.